The highest BCUT2D eigenvalue weighted by molar-refractivity contribution is 6.29. The fourth-order valence-corrected chi connectivity index (χ4v) is 2.17. The Morgan fingerprint density at radius 2 is 2.19 bits per heavy atom. The minimum Gasteiger partial charge on any atom is -0.464 e. The Kier molecular flexibility index (Phi) is 4.53. The standard InChI is InChI=1S/C15H18ClN3O2/c1-9(2)19(8-11-5-4-10(3)21-11)15(20)12-6-14(16)18-7-13(12)17/h4-7,9H,8,17H2,1-3H3. The number of nitrogens with zero attached hydrogens (tertiary/aromatic N) is 2. The van der Waals surface area contributed by atoms with Gasteiger partial charge in [0.2, 0.25) is 0 Å². The van der Waals surface area contributed by atoms with Gasteiger partial charge in [0.25, 0.3) is 5.91 Å². The SMILES string of the molecule is Cc1ccc(CN(C(=O)c2cc(Cl)ncc2N)C(C)C)o1. The first kappa shape index (κ1) is 15.4. The summed E-state index contributed by atoms with van der Waals surface area (Å²) in [5.74, 6) is 1.35. The summed E-state index contributed by atoms with van der Waals surface area (Å²) in [6, 6.07) is 5.22. The monoisotopic (exact) mass is 307 g/mol. The zero-order valence-corrected chi connectivity index (χ0v) is 13.0. The smallest absolute Gasteiger partial charge is 0.256 e. The summed E-state index contributed by atoms with van der Waals surface area (Å²) in [6.45, 7) is 6.12. The molecule has 0 fully saturated rings. The van der Waals surface area contributed by atoms with Gasteiger partial charge in [0.1, 0.15) is 16.7 Å². The Hall–Kier alpha value is -2.01. The molecule has 0 spiro atoms. The number of nitrogens with two attached hydrogens (primary N) is 1. The topological polar surface area (TPSA) is 72.4 Å². The molecule has 0 saturated heterocycles. The van der Waals surface area contributed by atoms with Crippen molar-refractivity contribution in [2.75, 3.05) is 5.73 Å². The number of hydrogen-bond acceptors (Lipinski definition) is 4. The minimum absolute atomic E-state index is 0.00533. The van der Waals surface area contributed by atoms with E-state index < -0.39 is 0 Å². The number of aryl methyl sites for hydroxylation is 1. The van der Waals surface area contributed by atoms with E-state index in [0.29, 0.717) is 17.8 Å². The third kappa shape index (κ3) is 3.55. The number of carbonyl (C=O) groups excluding carboxylic acids is 1. The lowest BCUT2D eigenvalue weighted by molar-refractivity contribution is 0.0676. The molecule has 0 unspecified atom stereocenters. The van der Waals surface area contributed by atoms with Gasteiger partial charge in [-0.2, -0.15) is 0 Å². The van der Waals surface area contributed by atoms with E-state index in [-0.39, 0.29) is 17.1 Å². The molecule has 6 heteroatoms. The second-order valence-corrected chi connectivity index (χ2v) is 5.52. The second-order valence-electron chi connectivity index (χ2n) is 5.13. The van der Waals surface area contributed by atoms with Crippen LogP contribution in [-0.2, 0) is 6.54 Å². The fourth-order valence-electron chi connectivity index (χ4n) is 2.01. The molecule has 1 amide bonds. The van der Waals surface area contributed by atoms with Gasteiger partial charge in [0.15, 0.2) is 0 Å². The van der Waals surface area contributed by atoms with E-state index in [0.717, 1.165) is 11.5 Å². The first-order valence-electron chi connectivity index (χ1n) is 6.65. The number of carbonyl (C=O) groups is 1. The second kappa shape index (κ2) is 6.18. The van der Waals surface area contributed by atoms with Gasteiger partial charge in [-0.25, -0.2) is 4.98 Å². The largest absolute Gasteiger partial charge is 0.464 e. The molecule has 0 atom stereocenters. The van der Waals surface area contributed by atoms with Crippen LogP contribution in [0.25, 0.3) is 0 Å². The number of halogens is 1. The fraction of sp³-hybridized carbons (Fsp3) is 0.333. The van der Waals surface area contributed by atoms with Crippen molar-refractivity contribution in [3.8, 4) is 0 Å². The van der Waals surface area contributed by atoms with Crippen molar-refractivity contribution in [3.63, 3.8) is 0 Å². The summed E-state index contributed by atoms with van der Waals surface area (Å²) >= 11 is 5.85. The van der Waals surface area contributed by atoms with E-state index in [4.69, 9.17) is 21.8 Å². The molecule has 21 heavy (non-hydrogen) atoms. The minimum atomic E-state index is -0.194. The number of anilines is 1. The lowest BCUT2D eigenvalue weighted by Gasteiger charge is -2.26. The highest BCUT2D eigenvalue weighted by Crippen LogP contribution is 2.20. The van der Waals surface area contributed by atoms with Crippen LogP contribution in [0.2, 0.25) is 5.15 Å². The van der Waals surface area contributed by atoms with E-state index in [9.17, 15) is 4.79 Å². The Labute approximate surface area is 128 Å². The zero-order valence-electron chi connectivity index (χ0n) is 12.3. The van der Waals surface area contributed by atoms with Crippen LogP contribution in [0.4, 0.5) is 5.69 Å². The number of nitrogen functional groups attached to an aromatic ring is 1. The van der Waals surface area contributed by atoms with Crippen LogP contribution in [0, 0.1) is 6.92 Å². The molecule has 0 aliphatic carbocycles. The Morgan fingerprint density at radius 1 is 1.48 bits per heavy atom. The molecule has 0 aromatic carbocycles. The van der Waals surface area contributed by atoms with Gasteiger partial charge in [-0.05, 0) is 39.0 Å². The van der Waals surface area contributed by atoms with Gasteiger partial charge < -0.3 is 15.1 Å². The van der Waals surface area contributed by atoms with Crippen molar-refractivity contribution in [2.45, 2.75) is 33.4 Å². The molecule has 2 rings (SSSR count). The van der Waals surface area contributed by atoms with E-state index in [2.05, 4.69) is 4.98 Å². The van der Waals surface area contributed by atoms with Crippen LogP contribution in [0.15, 0.2) is 28.8 Å². The molecule has 2 aromatic heterocycles. The van der Waals surface area contributed by atoms with Gasteiger partial charge in [-0.15, -0.1) is 0 Å². The molecule has 0 bridgehead atoms. The number of hydrogen-bond donors (Lipinski definition) is 1. The number of rotatable bonds is 4. The van der Waals surface area contributed by atoms with Crippen LogP contribution >= 0.6 is 11.6 Å². The molecule has 0 aliphatic rings. The number of aromatic nitrogens is 1. The quantitative estimate of drug-likeness (QED) is 0.880. The summed E-state index contributed by atoms with van der Waals surface area (Å²) in [5.41, 5.74) is 6.50. The van der Waals surface area contributed by atoms with Crippen molar-refractivity contribution in [2.24, 2.45) is 0 Å². The number of pyridine rings is 1. The molecule has 5 nitrogen and oxygen atoms in total. The van der Waals surface area contributed by atoms with Gasteiger partial charge in [0.05, 0.1) is 24.0 Å². The molecule has 2 N–H and O–H groups in total. The predicted molar refractivity (Wildman–Crippen MR) is 82.1 cm³/mol. The maximum atomic E-state index is 12.7. The van der Waals surface area contributed by atoms with Gasteiger partial charge >= 0.3 is 0 Å². The van der Waals surface area contributed by atoms with Crippen LogP contribution < -0.4 is 5.73 Å². The van der Waals surface area contributed by atoms with E-state index in [1.165, 1.54) is 12.3 Å². The maximum Gasteiger partial charge on any atom is 0.256 e. The molecular weight excluding hydrogens is 290 g/mol. The third-order valence-electron chi connectivity index (χ3n) is 3.14. The van der Waals surface area contributed by atoms with E-state index in [1.54, 1.807) is 4.90 Å². The highest BCUT2D eigenvalue weighted by atomic mass is 35.5. The average Bonchev–Trinajstić information content (AvgIpc) is 2.83. The van der Waals surface area contributed by atoms with E-state index in [1.807, 2.05) is 32.9 Å². The first-order chi connectivity index (χ1) is 9.88. The zero-order chi connectivity index (χ0) is 15.6. The summed E-state index contributed by atoms with van der Waals surface area (Å²) < 4.78 is 5.54. The maximum absolute atomic E-state index is 12.7. The van der Waals surface area contributed by atoms with Crippen molar-refractivity contribution in [1.82, 2.24) is 9.88 Å². The molecule has 2 heterocycles. The van der Waals surface area contributed by atoms with Crippen LogP contribution in [-0.4, -0.2) is 21.8 Å². The molecular formula is C15H18ClN3O2. The Bertz CT molecular complexity index is 652. The molecule has 0 saturated carbocycles. The van der Waals surface area contributed by atoms with Gasteiger partial charge in [-0.1, -0.05) is 11.6 Å². The number of amides is 1. The van der Waals surface area contributed by atoms with Gasteiger partial charge in [-0.3, -0.25) is 4.79 Å². The van der Waals surface area contributed by atoms with Crippen molar-refractivity contribution in [1.29, 1.82) is 0 Å². The van der Waals surface area contributed by atoms with Crippen LogP contribution in [0.1, 0.15) is 35.7 Å². The Balaban J connectivity index is 2.29. The third-order valence-corrected chi connectivity index (χ3v) is 3.34. The lowest BCUT2D eigenvalue weighted by atomic mass is 10.1. The summed E-state index contributed by atoms with van der Waals surface area (Å²) in [7, 11) is 0. The first-order valence-corrected chi connectivity index (χ1v) is 7.03. The Morgan fingerprint density at radius 3 is 2.76 bits per heavy atom. The molecule has 0 aliphatic heterocycles. The van der Waals surface area contributed by atoms with Crippen molar-refractivity contribution >= 4 is 23.2 Å². The highest BCUT2D eigenvalue weighted by Gasteiger charge is 2.22. The van der Waals surface area contributed by atoms with Crippen LogP contribution in [0.3, 0.4) is 0 Å². The van der Waals surface area contributed by atoms with Crippen molar-refractivity contribution < 1.29 is 9.21 Å². The van der Waals surface area contributed by atoms with Crippen molar-refractivity contribution in [3.05, 3.63) is 46.6 Å². The predicted octanol–water partition coefficient (Wildman–Crippen LogP) is 3.27. The van der Waals surface area contributed by atoms with Crippen LogP contribution in [0.5, 0.6) is 0 Å². The lowest BCUT2D eigenvalue weighted by Crippen LogP contribution is -2.36. The van der Waals surface area contributed by atoms with E-state index >= 15 is 0 Å². The summed E-state index contributed by atoms with van der Waals surface area (Å²) in [4.78, 5) is 18.2. The molecule has 2 aromatic rings. The molecule has 112 valence electrons. The molecule has 0 radical (unpaired) electrons. The van der Waals surface area contributed by atoms with Gasteiger partial charge in [0, 0.05) is 6.04 Å². The summed E-state index contributed by atoms with van der Waals surface area (Å²) in [6.07, 6.45) is 1.39. The number of furan rings is 1. The summed E-state index contributed by atoms with van der Waals surface area (Å²) in [5, 5.41) is 0.241. The normalized spacial score (nSPS) is 10.9. The average molecular weight is 308 g/mol.